The molecule has 1 aromatic carbocycles. The molecule has 7 nitrogen and oxygen atoms in total. The van der Waals surface area contributed by atoms with Gasteiger partial charge in [0, 0.05) is 44.6 Å². The molecule has 7 heteroatoms. The fraction of sp³-hybridized carbons (Fsp3) is 0.348. The molecule has 2 aromatic heterocycles. The Kier molecular flexibility index (Phi) is 6.07. The topological polar surface area (TPSA) is 63.6 Å². The van der Waals surface area contributed by atoms with Crippen LogP contribution in [0.5, 0.6) is 5.88 Å². The van der Waals surface area contributed by atoms with Crippen LogP contribution < -0.4 is 9.64 Å². The molecular weight excluding hydrogens is 378 g/mol. The number of morpholine rings is 1. The van der Waals surface area contributed by atoms with E-state index >= 15 is 0 Å². The summed E-state index contributed by atoms with van der Waals surface area (Å²) in [5.74, 6) is 6.76. The van der Waals surface area contributed by atoms with E-state index in [1.807, 2.05) is 62.3 Å². The van der Waals surface area contributed by atoms with Crippen molar-refractivity contribution < 1.29 is 9.47 Å². The maximum Gasteiger partial charge on any atom is 0.251 e. The predicted octanol–water partition coefficient (Wildman–Crippen LogP) is 2.55. The Hall–Kier alpha value is -3.21. The maximum absolute atomic E-state index is 6.20. The van der Waals surface area contributed by atoms with Crippen molar-refractivity contribution in [2.75, 3.05) is 45.3 Å². The van der Waals surface area contributed by atoms with Crippen LogP contribution in [0, 0.1) is 11.8 Å². The summed E-state index contributed by atoms with van der Waals surface area (Å²) in [7, 11) is 4.01. The zero-order valence-electron chi connectivity index (χ0n) is 17.5. The van der Waals surface area contributed by atoms with Gasteiger partial charge in [-0.3, -0.25) is 4.90 Å². The number of nitrogens with zero attached hydrogens (tertiary/aromatic N) is 5. The molecule has 30 heavy (non-hydrogen) atoms. The fourth-order valence-electron chi connectivity index (χ4n) is 3.21. The summed E-state index contributed by atoms with van der Waals surface area (Å²) in [6.45, 7) is 5.06. The van der Waals surface area contributed by atoms with Crippen LogP contribution in [0.3, 0.4) is 0 Å². The molecule has 0 spiro atoms. The molecule has 0 bridgehead atoms. The summed E-state index contributed by atoms with van der Waals surface area (Å²) in [6, 6.07) is 11.8. The smallest absolute Gasteiger partial charge is 0.251 e. The van der Waals surface area contributed by atoms with Crippen LogP contribution >= 0.6 is 0 Å². The molecule has 3 aromatic rings. The van der Waals surface area contributed by atoms with Crippen LogP contribution in [0.1, 0.15) is 18.2 Å². The second-order valence-electron chi connectivity index (χ2n) is 7.28. The quantitative estimate of drug-likeness (QED) is 0.621. The first-order valence-electron chi connectivity index (χ1n) is 10.0. The number of pyridine rings is 1. The summed E-state index contributed by atoms with van der Waals surface area (Å²) in [4.78, 5) is 17.8. The first-order chi connectivity index (χ1) is 14.6. The third kappa shape index (κ3) is 4.67. The van der Waals surface area contributed by atoms with Crippen LogP contribution in [0.15, 0.2) is 42.6 Å². The number of hydrogen-bond donors (Lipinski definition) is 0. The molecule has 0 saturated carbocycles. The van der Waals surface area contributed by atoms with Crippen LogP contribution in [0.25, 0.3) is 11.2 Å². The van der Waals surface area contributed by atoms with Crippen molar-refractivity contribution in [2.24, 2.45) is 0 Å². The van der Waals surface area contributed by atoms with Crippen LogP contribution in [-0.2, 0) is 4.74 Å². The molecule has 1 saturated heterocycles. The van der Waals surface area contributed by atoms with Crippen molar-refractivity contribution in [3.8, 4) is 17.7 Å². The number of benzene rings is 1. The predicted molar refractivity (Wildman–Crippen MR) is 117 cm³/mol. The average Bonchev–Trinajstić information content (AvgIpc) is 2.78. The van der Waals surface area contributed by atoms with Crippen LogP contribution in [-0.4, -0.2) is 66.5 Å². The minimum absolute atomic E-state index is 0.157. The van der Waals surface area contributed by atoms with Gasteiger partial charge in [-0.15, -0.1) is 0 Å². The van der Waals surface area contributed by atoms with E-state index in [2.05, 4.69) is 31.7 Å². The van der Waals surface area contributed by atoms with E-state index < -0.39 is 0 Å². The zero-order chi connectivity index (χ0) is 20.9. The molecule has 1 unspecified atom stereocenters. The average molecular weight is 403 g/mol. The lowest BCUT2D eigenvalue weighted by Gasteiger charge is -2.31. The van der Waals surface area contributed by atoms with Gasteiger partial charge in [-0.2, -0.15) is 0 Å². The molecule has 1 aliphatic heterocycles. The lowest BCUT2D eigenvalue weighted by atomic mass is 10.2. The van der Waals surface area contributed by atoms with E-state index in [4.69, 9.17) is 9.47 Å². The molecule has 1 aliphatic rings. The number of aromatic nitrogens is 3. The SMILES string of the molecule is CC(Oc1nc2cccnc2nc1C#Cc1cccc(N(C)C)c1)N1CCOCC1. The third-order valence-electron chi connectivity index (χ3n) is 4.94. The highest BCUT2D eigenvalue weighted by atomic mass is 16.5. The summed E-state index contributed by atoms with van der Waals surface area (Å²) in [5, 5.41) is 0. The second kappa shape index (κ2) is 9.08. The summed E-state index contributed by atoms with van der Waals surface area (Å²) in [6.07, 6.45) is 1.54. The van der Waals surface area contributed by atoms with Gasteiger partial charge < -0.3 is 14.4 Å². The first kappa shape index (κ1) is 20.1. The molecule has 3 heterocycles. The number of fused-ring (bicyclic) bond motifs is 1. The molecule has 154 valence electrons. The van der Waals surface area contributed by atoms with Crippen molar-refractivity contribution in [1.29, 1.82) is 0 Å². The van der Waals surface area contributed by atoms with Crippen molar-refractivity contribution in [1.82, 2.24) is 19.9 Å². The summed E-state index contributed by atoms with van der Waals surface area (Å²) >= 11 is 0. The largest absolute Gasteiger partial charge is 0.457 e. The Morgan fingerprint density at radius 1 is 1.10 bits per heavy atom. The monoisotopic (exact) mass is 403 g/mol. The summed E-state index contributed by atoms with van der Waals surface area (Å²) in [5.41, 5.74) is 3.70. The Labute approximate surface area is 176 Å². The van der Waals surface area contributed by atoms with Gasteiger partial charge in [-0.25, -0.2) is 15.0 Å². The fourth-order valence-corrected chi connectivity index (χ4v) is 3.21. The van der Waals surface area contributed by atoms with Crippen LogP contribution in [0.4, 0.5) is 5.69 Å². The van der Waals surface area contributed by atoms with Crippen molar-refractivity contribution >= 4 is 16.9 Å². The number of anilines is 1. The van der Waals surface area contributed by atoms with Gasteiger partial charge in [0.25, 0.3) is 5.88 Å². The second-order valence-corrected chi connectivity index (χ2v) is 7.28. The van der Waals surface area contributed by atoms with Crippen LogP contribution in [0.2, 0.25) is 0 Å². The molecule has 0 N–H and O–H groups in total. The highest BCUT2D eigenvalue weighted by molar-refractivity contribution is 5.71. The van der Waals surface area contributed by atoms with E-state index in [0.717, 1.165) is 24.3 Å². The Morgan fingerprint density at radius 3 is 2.73 bits per heavy atom. The molecule has 4 rings (SSSR count). The van der Waals surface area contributed by atoms with Gasteiger partial charge in [0.1, 0.15) is 5.52 Å². The molecule has 0 amide bonds. The van der Waals surface area contributed by atoms with Gasteiger partial charge in [0.05, 0.1) is 13.2 Å². The van der Waals surface area contributed by atoms with Gasteiger partial charge in [0.2, 0.25) is 0 Å². The van der Waals surface area contributed by atoms with Gasteiger partial charge in [-0.05, 0) is 43.2 Å². The van der Waals surface area contributed by atoms with E-state index in [1.165, 1.54) is 0 Å². The zero-order valence-corrected chi connectivity index (χ0v) is 17.5. The normalized spacial score (nSPS) is 15.3. The minimum atomic E-state index is -0.157. The van der Waals surface area contributed by atoms with Gasteiger partial charge >= 0.3 is 0 Å². The van der Waals surface area contributed by atoms with Crippen molar-refractivity contribution in [2.45, 2.75) is 13.2 Å². The molecule has 1 atom stereocenters. The molecule has 1 fully saturated rings. The highest BCUT2D eigenvalue weighted by Crippen LogP contribution is 2.20. The molecular formula is C23H25N5O2. The summed E-state index contributed by atoms with van der Waals surface area (Å²) < 4.78 is 11.6. The standard InChI is InChI=1S/C23H25N5O2/c1-17(28-12-14-29-15-13-28)30-23-21(25-22-20(26-23)8-5-11-24-22)10-9-18-6-4-7-19(16-18)27(2)3/h4-8,11,16-17H,12-15H2,1-3H3. The molecule has 0 aliphatic carbocycles. The lowest BCUT2D eigenvalue weighted by molar-refractivity contribution is -0.0389. The maximum atomic E-state index is 6.20. The number of rotatable bonds is 4. The first-order valence-corrected chi connectivity index (χ1v) is 10.0. The van der Waals surface area contributed by atoms with E-state index in [1.54, 1.807) is 6.20 Å². The van der Waals surface area contributed by atoms with E-state index in [-0.39, 0.29) is 6.23 Å². The molecule has 0 radical (unpaired) electrons. The Bertz CT molecular complexity index is 1080. The van der Waals surface area contributed by atoms with E-state index in [9.17, 15) is 0 Å². The van der Waals surface area contributed by atoms with Crippen molar-refractivity contribution in [3.05, 3.63) is 53.9 Å². The number of ether oxygens (including phenoxy) is 2. The van der Waals surface area contributed by atoms with E-state index in [0.29, 0.717) is 36.0 Å². The number of hydrogen-bond acceptors (Lipinski definition) is 7. The van der Waals surface area contributed by atoms with Gasteiger partial charge in [0.15, 0.2) is 17.6 Å². The lowest BCUT2D eigenvalue weighted by Crippen LogP contribution is -2.44. The van der Waals surface area contributed by atoms with Crippen molar-refractivity contribution in [3.63, 3.8) is 0 Å². The van der Waals surface area contributed by atoms with Gasteiger partial charge in [-0.1, -0.05) is 12.0 Å². The Morgan fingerprint density at radius 2 is 1.93 bits per heavy atom. The third-order valence-corrected chi connectivity index (χ3v) is 4.94. The Balaban J connectivity index is 1.67. The highest BCUT2D eigenvalue weighted by Gasteiger charge is 2.20. The minimum Gasteiger partial charge on any atom is -0.457 e.